The molecule has 8 heteroatoms. The minimum atomic E-state index is -0.317. The SMILES string of the molecule is CC(C)(C)C(/C=C\c1ccc(Cl)cc1Cl)n1nnnc1C(C)(C)N1CCOCC1. The second-order valence-electron chi connectivity index (χ2n) is 8.94. The zero-order valence-electron chi connectivity index (χ0n) is 17.7. The molecule has 29 heavy (non-hydrogen) atoms. The number of morpholine rings is 1. The Hall–Kier alpha value is -1.47. The molecule has 6 nitrogen and oxygen atoms in total. The molecule has 1 saturated heterocycles. The molecule has 0 N–H and O–H groups in total. The molecule has 1 fully saturated rings. The van der Waals surface area contributed by atoms with E-state index < -0.39 is 0 Å². The maximum atomic E-state index is 6.36. The van der Waals surface area contributed by atoms with Crippen LogP contribution in [0.2, 0.25) is 10.0 Å². The first-order valence-electron chi connectivity index (χ1n) is 9.85. The first-order chi connectivity index (χ1) is 13.6. The van der Waals surface area contributed by atoms with E-state index in [0.717, 1.165) is 37.7 Å². The van der Waals surface area contributed by atoms with Crippen LogP contribution in [0.5, 0.6) is 0 Å². The van der Waals surface area contributed by atoms with Gasteiger partial charge in [-0.15, -0.1) is 5.10 Å². The third-order valence-corrected chi connectivity index (χ3v) is 5.98. The summed E-state index contributed by atoms with van der Waals surface area (Å²) in [7, 11) is 0. The van der Waals surface area contributed by atoms with Gasteiger partial charge in [-0.3, -0.25) is 4.90 Å². The van der Waals surface area contributed by atoms with Crippen molar-refractivity contribution >= 4 is 29.3 Å². The Morgan fingerprint density at radius 3 is 2.41 bits per heavy atom. The quantitative estimate of drug-likeness (QED) is 0.668. The number of benzene rings is 1. The third kappa shape index (κ3) is 5.00. The summed E-state index contributed by atoms with van der Waals surface area (Å²) < 4.78 is 7.46. The second-order valence-corrected chi connectivity index (χ2v) is 9.78. The standard InChI is InChI=1S/C21H29Cl2N5O/c1-20(2,3)18(9-7-15-6-8-16(22)14-17(15)23)28-19(24-25-26-28)21(4,5)27-10-12-29-13-11-27/h6-9,14,18H,10-13H2,1-5H3/b9-7-. The largest absolute Gasteiger partial charge is 0.379 e. The summed E-state index contributed by atoms with van der Waals surface area (Å²) in [6, 6.07) is 5.45. The Balaban J connectivity index is 1.97. The summed E-state index contributed by atoms with van der Waals surface area (Å²) in [5.74, 6) is 0.839. The first kappa shape index (κ1) is 22.2. The molecule has 158 valence electrons. The van der Waals surface area contributed by atoms with Crippen LogP contribution < -0.4 is 0 Å². The van der Waals surface area contributed by atoms with Gasteiger partial charge >= 0.3 is 0 Å². The Bertz CT molecular complexity index is 866. The molecule has 0 spiro atoms. The molecule has 1 aromatic heterocycles. The molecule has 0 amide bonds. The van der Waals surface area contributed by atoms with Gasteiger partial charge in [-0.25, -0.2) is 4.68 Å². The molecular formula is C21H29Cl2N5O. The van der Waals surface area contributed by atoms with Crippen molar-refractivity contribution in [3.63, 3.8) is 0 Å². The maximum absolute atomic E-state index is 6.36. The Kier molecular flexibility index (Phi) is 6.68. The number of hydrogen-bond acceptors (Lipinski definition) is 5. The normalized spacial score (nSPS) is 17.8. The lowest BCUT2D eigenvalue weighted by molar-refractivity contribution is -0.0171. The minimum Gasteiger partial charge on any atom is -0.379 e. The fourth-order valence-corrected chi connectivity index (χ4v) is 4.09. The van der Waals surface area contributed by atoms with E-state index in [4.69, 9.17) is 27.9 Å². The molecule has 1 aliphatic heterocycles. The molecule has 2 heterocycles. The number of hydrogen-bond donors (Lipinski definition) is 0. The van der Waals surface area contributed by atoms with Crippen LogP contribution >= 0.6 is 23.2 Å². The van der Waals surface area contributed by atoms with Crippen LogP contribution in [0, 0.1) is 5.41 Å². The molecule has 0 saturated carbocycles. The highest BCUT2D eigenvalue weighted by atomic mass is 35.5. The summed E-state index contributed by atoms with van der Waals surface area (Å²) in [6.07, 6.45) is 4.13. The molecular weight excluding hydrogens is 409 g/mol. The summed E-state index contributed by atoms with van der Waals surface area (Å²) in [5, 5.41) is 14.1. The average Bonchev–Trinajstić information content (AvgIpc) is 3.13. The van der Waals surface area contributed by atoms with Crippen LogP contribution in [-0.4, -0.2) is 51.4 Å². The number of tetrazole rings is 1. The van der Waals surface area contributed by atoms with Gasteiger partial charge in [0.25, 0.3) is 0 Å². The molecule has 1 aliphatic rings. The summed E-state index contributed by atoms with van der Waals surface area (Å²) >= 11 is 12.4. The Labute approximate surface area is 182 Å². The van der Waals surface area contributed by atoms with E-state index in [2.05, 4.69) is 61.1 Å². The maximum Gasteiger partial charge on any atom is 0.171 e. The fourth-order valence-electron chi connectivity index (χ4n) is 3.62. The topological polar surface area (TPSA) is 56.1 Å². The number of allylic oxidation sites excluding steroid dienone is 1. The van der Waals surface area contributed by atoms with Gasteiger partial charge in [0.15, 0.2) is 5.82 Å². The van der Waals surface area contributed by atoms with Crippen LogP contribution in [0.25, 0.3) is 6.08 Å². The lowest BCUT2D eigenvalue weighted by Gasteiger charge is -2.41. The van der Waals surface area contributed by atoms with E-state index in [1.165, 1.54) is 0 Å². The monoisotopic (exact) mass is 437 g/mol. The van der Waals surface area contributed by atoms with Crippen molar-refractivity contribution in [3.8, 4) is 0 Å². The van der Waals surface area contributed by atoms with Gasteiger partial charge in [0.1, 0.15) is 0 Å². The lowest BCUT2D eigenvalue weighted by atomic mass is 9.85. The highest BCUT2D eigenvalue weighted by Crippen LogP contribution is 2.36. The first-order valence-corrected chi connectivity index (χ1v) is 10.6. The molecule has 0 radical (unpaired) electrons. The Morgan fingerprint density at radius 2 is 1.79 bits per heavy atom. The second kappa shape index (κ2) is 8.72. The number of aromatic nitrogens is 4. The van der Waals surface area contributed by atoms with Crippen molar-refractivity contribution in [2.75, 3.05) is 26.3 Å². The average molecular weight is 438 g/mol. The van der Waals surface area contributed by atoms with E-state index >= 15 is 0 Å². The molecule has 0 bridgehead atoms. The van der Waals surface area contributed by atoms with Crippen molar-refractivity contribution in [1.29, 1.82) is 0 Å². The fraction of sp³-hybridized carbons (Fsp3) is 0.571. The summed E-state index contributed by atoms with van der Waals surface area (Å²) in [4.78, 5) is 2.37. The Morgan fingerprint density at radius 1 is 1.10 bits per heavy atom. The van der Waals surface area contributed by atoms with Crippen LogP contribution in [0.4, 0.5) is 0 Å². The molecule has 1 atom stereocenters. The van der Waals surface area contributed by atoms with Gasteiger partial charge in [-0.2, -0.15) is 0 Å². The van der Waals surface area contributed by atoms with E-state index in [9.17, 15) is 0 Å². The van der Waals surface area contributed by atoms with Crippen molar-refractivity contribution in [1.82, 2.24) is 25.1 Å². The van der Waals surface area contributed by atoms with Crippen molar-refractivity contribution in [2.45, 2.75) is 46.2 Å². The smallest absolute Gasteiger partial charge is 0.171 e. The van der Waals surface area contributed by atoms with Gasteiger partial charge in [0, 0.05) is 23.1 Å². The highest BCUT2D eigenvalue weighted by molar-refractivity contribution is 6.35. The van der Waals surface area contributed by atoms with Crippen LogP contribution in [-0.2, 0) is 10.3 Å². The molecule has 1 aromatic carbocycles. The van der Waals surface area contributed by atoms with Gasteiger partial charge in [0.05, 0.1) is 24.8 Å². The van der Waals surface area contributed by atoms with E-state index in [-0.39, 0.29) is 17.0 Å². The highest BCUT2D eigenvalue weighted by Gasteiger charge is 2.38. The van der Waals surface area contributed by atoms with E-state index in [1.807, 2.05) is 22.9 Å². The van der Waals surface area contributed by atoms with Gasteiger partial charge in [0.2, 0.25) is 0 Å². The van der Waals surface area contributed by atoms with Crippen molar-refractivity contribution < 1.29 is 4.74 Å². The van der Waals surface area contributed by atoms with Gasteiger partial charge in [-0.05, 0) is 47.4 Å². The molecule has 3 rings (SSSR count). The third-order valence-electron chi connectivity index (χ3n) is 5.41. The van der Waals surface area contributed by atoms with Crippen molar-refractivity contribution in [2.24, 2.45) is 5.41 Å². The predicted molar refractivity (Wildman–Crippen MR) is 117 cm³/mol. The zero-order valence-corrected chi connectivity index (χ0v) is 19.2. The van der Waals surface area contributed by atoms with Gasteiger partial charge < -0.3 is 4.74 Å². The zero-order chi connectivity index (χ0) is 21.2. The summed E-state index contributed by atoms with van der Waals surface area (Å²) in [6.45, 7) is 14.0. The predicted octanol–water partition coefficient (Wildman–Crippen LogP) is 4.85. The van der Waals surface area contributed by atoms with Crippen LogP contribution in [0.15, 0.2) is 24.3 Å². The van der Waals surface area contributed by atoms with Gasteiger partial charge in [-0.1, -0.05) is 62.2 Å². The number of rotatable bonds is 5. The van der Waals surface area contributed by atoms with Crippen LogP contribution in [0.3, 0.4) is 0 Å². The minimum absolute atomic E-state index is 0.0560. The number of ether oxygens (including phenoxy) is 1. The van der Waals surface area contributed by atoms with Crippen LogP contribution in [0.1, 0.15) is 52.0 Å². The molecule has 2 aromatic rings. The van der Waals surface area contributed by atoms with E-state index in [1.54, 1.807) is 6.07 Å². The molecule has 1 unspecified atom stereocenters. The van der Waals surface area contributed by atoms with E-state index in [0.29, 0.717) is 10.0 Å². The van der Waals surface area contributed by atoms with Crippen molar-refractivity contribution in [3.05, 3.63) is 45.7 Å². The number of nitrogens with zero attached hydrogens (tertiary/aromatic N) is 5. The summed E-state index contributed by atoms with van der Waals surface area (Å²) in [5.41, 5.74) is 0.482. The molecule has 0 aliphatic carbocycles. The lowest BCUT2D eigenvalue weighted by Crippen LogP contribution is -2.49. The number of halogens is 2.